The number of aromatic nitrogens is 3. The summed E-state index contributed by atoms with van der Waals surface area (Å²) in [6.07, 6.45) is 3.02. The Morgan fingerprint density at radius 2 is 1.83 bits per heavy atom. The maximum Gasteiger partial charge on any atom is 0.213 e. The van der Waals surface area contributed by atoms with Gasteiger partial charge in [0.1, 0.15) is 5.52 Å². The van der Waals surface area contributed by atoms with Crippen molar-refractivity contribution in [2.75, 3.05) is 68.5 Å². The van der Waals surface area contributed by atoms with Crippen LogP contribution >= 0.6 is 0 Å². The van der Waals surface area contributed by atoms with Gasteiger partial charge in [0.05, 0.1) is 42.9 Å². The zero-order chi connectivity index (χ0) is 24.3. The molecule has 5 rings (SSSR count). The predicted molar refractivity (Wildman–Crippen MR) is 135 cm³/mol. The van der Waals surface area contributed by atoms with Gasteiger partial charge in [0.25, 0.3) is 0 Å². The van der Waals surface area contributed by atoms with Crippen LogP contribution in [-0.2, 0) is 19.5 Å². The molecule has 0 spiro atoms. The largest absolute Gasteiger partial charge is 0.378 e. The van der Waals surface area contributed by atoms with Gasteiger partial charge >= 0.3 is 0 Å². The highest BCUT2D eigenvalue weighted by molar-refractivity contribution is 7.89. The van der Waals surface area contributed by atoms with Crippen LogP contribution in [0.2, 0.25) is 0 Å². The number of morpholine rings is 2. The normalized spacial score (nSPS) is 19.7. The lowest BCUT2D eigenvalue weighted by Crippen LogP contribution is -2.48. The van der Waals surface area contributed by atoms with E-state index in [1.807, 2.05) is 6.07 Å². The fourth-order valence-corrected chi connectivity index (χ4v) is 5.48. The average molecular weight is 499 g/mol. The third kappa shape index (κ3) is 5.37. The van der Waals surface area contributed by atoms with Crippen LogP contribution in [0.5, 0.6) is 0 Å². The smallest absolute Gasteiger partial charge is 0.213 e. The molecule has 186 valence electrons. The van der Waals surface area contributed by atoms with Crippen LogP contribution in [0, 0.1) is 0 Å². The summed E-state index contributed by atoms with van der Waals surface area (Å²) in [6.45, 7) is 6.40. The maximum atomic E-state index is 12.3. The number of hydrogen-bond donors (Lipinski definition) is 1. The van der Waals surface area contributed by atoms with E-state index in [0.29, 0.717) is 37.6 Å². The summed E-state index contributed by atoms with van der Waals surface area (Å²) in [5, 5.41) is 3.34. The second kappa shape index (κ2) is 10.4. The second-order valence-corrected chi connectivity index (χ2v) is 10.8. The van der Waals surface area contributed by atoms with Crippen molar-refractivity contribution in [2.45, 2.75) is 13.0 Å². The highest BCUT2D eigenvalue weighted by Gasteiger charge is 2.28. The van der Waals surface area contributed by atoms with E-state index < -0.39 is 10.0 Å². The van der Waals surface area contributed by atoms with E-state index in [0.717, 1.165) is 48.8 Å². The quantitative estimate of drug-likeness (QED) is 0.523. The molecular formula is C24H30N6O4S. The summed E-state index contributed by atoms with van der Waals surface area (Å²) in [5.41, 5.74) is 4.32. The van der Waals surface area contributed by atoms with E-state index >= 15 is 0 Å². The topological polar surface area (TPSA) is 110 Å². The first-order chi connectivity index (χ1) is 17.0. The molecule has 2 aliphatic rings. The fraction of sp³-hybridized carbons (Fsp3) is 0.458. The molecule has 1 atom stereocenters. The molecule has 0 bridgehead atoms. The Morgan fingerprint density at radius 3 is 2.60 bits per heavy atom. The summed E-state index contributed by atoms with van der Waals surface area (Å²) in [6, 6.07) is 10.3. The number of nitrogens with one attached hydrogen (secondary N) is 1. The van der Waals surface area contributed by atoms with E-state index in [9.17, 15) is 8.42 Å². The molecule has 2 fully saturated rings. The molecule has 1 unspecified atom stereocenters. The van der Waals surface area contributed by atoms with Crippen molar-refractivity contribution < 1.29 is 17.9 Å². The van der Waals surface area contributed by atoms with Gasteiger partial charge in [-0.25, -0.2) is 18.4 Å². The van der Waals surface area contributed by atoms with Crippen molar-refractivity contribution in [3.05, 3.63) is 42.7 Å². The Balaban J connectivity index is 1.36. The minimum Gasteiger partial charge on any atom is -0.378 e. The van der Waals surface area contributed by atoms with Gasteiger partial charge in [0.15, 0.2) is 5.82 Å². The lowest BCUT2D eigenvalue weighted by atomic mass is 10.1. The molecule has 2 aliphatic heterocycles. The molecule has 2 aromatic heterocycles. The van der Waals surface area contributed by atoms with Crippen LogP contribution in [0.1, 0.15) is 6.92 Å². The van der Waals surface area contributed by atoms with Gasteiger partial charge in [-0.2, -0.15) is 4.31 Å². The van der Waals surface area contributed by atoms with Crippen molar-refractivity contribution in [3.63, 3.8) is 0 Å². The van der Waals surface area contributed by atoms with Gasteiger partial charge in [-0.15, -0.1) is 0 Å². The van der Waals surface area contributed by atoms with E-state index in [2.05, 4.69) is 44.5 Å². The number of sulfonamides is 1. The second-order valence-electron chi connectivity index (χ2n) is 8.56. The minimum absolute atomic E-state index is 0.0846. The number of nitrogens with zero attached hydrogens (tertiary/aromatic N) is 5. The van der Waals surface area contributed by atoms with Crippen LogP contribution in [0.15, 0.2) is 42.7 Å². The first-order valence-corrected chi connectivity index (χ1v) is 13.5. The van der Waals surface area contributed by atoms with E-state index in [1.54, 1.807) is 19.3 Å². The molecule has 0 amide bonds. The summed E-state index contributed by atoms with van der Waals surface area (Å²) in [4.78, 5) is 16.1. The van der Waals surface area contributed by atoms with Gasteiger partial charge in [-0.3, -0.25) is 4.98 Å². The highest BCUT2D eigenvalue weighted by atomic mass is 32.2. The maximum absolute atomic E-state index is 12.3. The Hall–Kier alpha value is -2.86. The molecule has 1 aromatic carbocycles. The van der Waals surface area contributed by atoms with Gasteiger partial charge in [0, 0.05) is 56.4 Å². The molecule has 11 heteroatoms. The SMILES string of the molecule is CCS(=O)(=O)N1CCOC(CNc2nc(-c3ccc(N4CCOCC4)cc3)cc3nccnc23)C1. The molecule has 3 aromatic rings. The lowest BCUT2D eigenvalue weighted by Gasteiger charge is -2.32. The van der Waals surface area contributed by atoms with Crippen LogP contribution in [0.25, 0.3) is 22.3 Å². The lowest BCUT2D eigenvalue weighted by molar-refractivity contribution is 0.00686. The number of anilines is 2. The van der Waals surface area contributed by atoms with E-state index in [4.69, 9.17) is 14.5 Å². The number of rotatable bonds is 7. The third-order valence-corrected chi connectivity index (χ3v) is 8.20. The highest BCUT2D eigenvalue weighted by Crippen LogP contribution is 2.27. The van der Waals surface area contributed by atoms with Gasteiger partial charge < -0.3 is 19.7 Å². The Labute approximate surface area is 205 Å². The molecule has 10 nitrogen and oxygen atoms in total. The Morgan fingerprint density at radius 1 is 1.06 bits per heavy atom. The minimum atomic E-state index is -3.25. The van der Waals surface area contributed by atoms with Gasteiger partial charge in [0.2, 0.25) is 10.0 Å². The molecule has 1 N–H and O–H groups in total. The van der Waals surface area contributed by atoms with Crippen molar-refractivity contribution in [1.82, 2.24) is 19.3 Å². The summed E-state index contributed by atoms with van der Waals surface area (Å²) >= 11 is 0. The molecule has 4 heterocycles. The Bertz CT molecular complexity index is 1260. The number of pyridine rings is 1. The molecule has 2 saturated heterocycles. The van der Waals surface area contributed by atoms with Crippen LogP contribution in [-0.4, -0.2) is 92.1 Å². The monoisotopic (exact) mass is 498 g/mol. The molecule has 0 radical (unpaired) electrons. The van der Waals surface area contributed by atoms with Crippen molar-refractivity contribution >= 4 is 32.6 Å². The number of benzene rings is 1. The standard InChI is InChI=1S/C24H30N6O4S/c1-2-35(31,32)30-11-14-34-20(17-30)16-27-24-23-22(25-7-8-26-23)15-21(28-24)18-3-5-19(6-4-18)29-9-12-33-13-10-29/h3-8,15,20H,2,9-14,16-17H2,1H3,(H,27,28). The molecule has 0 saturated carbocycles. The predicted octanol–water partition coefficient (Wildman–Crippen LogP) is 1.99. The van der Waals surface area contributed by atoms with Gasteiger partial charge in [-0.05, 0) is 25.1 Å². The first kappa shape index (κ1) is 23.9. The van der Waals surface area contributed by atoms with Crippen LogP contribution < -0.4 is 10.2 Å². The van der Waals surface area contributed by atoms with Crippen LogP contribution in [0.3, 0.4) is 0 Å². The summed E-state index contributed by atoms with van der Waals surface area (Å²) < 4.78 is 37.3. The van der Waals surface area contributed by atoms with E-state index in [1.165, 1.54) is 4.31 Å². The fourth-order valence-electron chi connectivity index (χ4n) is 4.37. The number of hydrogen-bond acceptors (Lipinski definition) is 9. The van der Waals surface area contributed by atoms with Crippen molar-refractivity contribution in [3.8, 4) is 11.3 Å². The van der Waals surface area contributed by atoms with Crippen molar-refractivity contribution in [2.24, 2.45) is 0 Å². The van der Waals surface area contributed by atoms with Crippen LogP contribution in [0.4, 0.5) is 11.5 Å². The first-order valence-electron chi connectivity index (χ1n) is 11.9. The zero-order valence-corrected chi connectivity index (χ0v) is 20.6. The van der Waals surface area contributed by atoms with Gasteiger partial charge in [-0.1, -0.05) is 12.1 Å². The third-order valence-electron chi connectivity index (χ3n) is 6.35. The van der Waals surface area contributed by atoms with E-state index in [-0.39, 0.29) is 11.9 Å². The number of ether oxygens (including phenoxy) is 2. The zero-order valence-electron chi connectivity index (χ0n) is 19.8. The molecular weight excluding hydrogens is 468 g/mol. The molecule has 35 heavy (non-hydrogen) atoms. The average Bonchev–Trinajstić information content (AvgIpc) is 2.92. The summed E-state index contributed by atoms with van der Waals surface area (Å²) in [7, 11) is -3.25. The Kier molecular flexibility index (Phi) is 7.09. The number of fused-ring (bicyclic) bond motifs is 1. The molecule has 0 aliphatic carbocycles. The summed E-state index contributed by atoms with van der Waals surface area (Å²) in [5.74, 6) is 0.684. The van der Waals surface area contributed by atoms with Crippen molar-refractivity contribution in [1.29, 1.82) is 0 Å².